The predicted octanol–water partition coefficient (Wildman–Crippen LogP) is 0.546. The fraction of sp³-hybridized carbons (Fsp3) is 0.444. The smallest absolute Gasteiger partial charge is 0.255 e. The number of hydrogen-bond acceptors (Lipinski definition) is 3. The molecule has 1 aromatic carbocycles. The Morgan fingerprint density at radius 3 is 2.52 bits per heavy atom. The van der Waals surface area contributed by atoms with Crippen LogP contribution in [-0.4, -0.2) is 36.1 Å². The van der Waals surface area contributed by atoms with Gasteiger partial charge < -0.3 is 9.80 Å². The Morgan fingerprint density at radius 1 is 1.22 bits per heavy atom. The number of nitrogens with zero attached hydrogens (tertiary/aromatic N) is 2. The number of benzene rings is 1. The van der Waals surface area contributed by atoms with Crippen molar-refractivity contribution in [1.29, 1.82) is 0 Å². The van der Waals surface area contributed by atoms with Gasteiger partial charge in [-0.15, -0.1) is 0 Å². The Kier molecular flexibility index (Phi) is 4.76. The lowest BCUT2D eigenvalue weighted by Gasteiger charge is -2.32. The molecule has 1 saturated heterocycles. The number of H-pyrrole nitrogens is 1. The second-order valence-electron chi connectivity index (χ2n) is 6.21. The molecule has 0 atom stereocenters. The van der Waals surface area contributed by atoms with Crippen LogP contribution in [0.15, 0.2) is 35.1 Å². The second kappa shape index (κ2) is 6.96. The van der Waals surface area contributed by atoms with Gasteiger partial charge in [0.1, 0.15) is 6.54 Å². The SMILES string of the molecule is CCc1c(C)nc(N2CC[NH+](Cc3ccccc3)CC2)[nH]c1=O. The molecule has 2 aromatic rings. The van der Waals surface area contributed by atoms with Crippen molar-refractivity contribution in [3.05, 3.63) is 57.5 Å². The molecule has 122 valence electrons. The third kappa shape index (κ3) is 3.62. The number of aromatic amines is 1. The summed E-state index contributed by atoms with van der Waals surface area (Å²) >= 11 is 0. The first-order chi connectivity index (χ1) is 11.2. The van der Waals surface area contributed by atoms with Gasteiger partial charge in [0.25, 0.3) is 5.56 Å². The van der Waals surface area contributed by atoms with E-state index in [-0.39, 0.29) is 5.56 Å². The summed E-state index contributed by atoms with van der Waals surface area (Å²) < 4.78 is 0. The summed E-state index contributed by atoms with van der Waals surface area (Å²) in [7, 11) is 0. The number of hydrogen-bond donors (Lipinski definition) is 2. The molecule has 0 saturated carbocycles. The molecule has 5 heteroatoms. The highest BCUT2D eigenvalue weighted by molar-refractivity contribution is 5.33. The average molecular weight is 313 g/mol. The monoisotopic (exact) mass is 313 g/mol. The minimum atomic E-state index is 0.00839. The van der Waals surface area contributed by atoms with Gasteiger partial charge in [-0.2, -0.15) is 0 Å². The lowest BCUT2D eigenvalue weighted by molar-refractivity contribution is -0.914. The van der Waals surface area contributed by atoms with Crippen LogP contribution >= 0.6 is 0 Å². The van der Waals surface area contributed by atoms with E-state index in [1.165, 1.54) is 5.56 Å². The first-order valence-corrected chi connectivity index (χ1v) is 8.39. The van der Waals surface area contributed by atoms with Crippen LogP contribution in [0, 0.1) is 6.92 Å². The molecule has 0 radical (unpaired) electrons. The zero-order chi connectivity index (χ0) is 16.2. The third-order valence-electron chi connectivity index (χ3n) is 4.63. The molecule has 0 aliphatic carbocycles. The van der Waals surface area contributed by atoms with Crippen molar-refractivity contribution in [2.45, 2.75) is 26.8 Å². The highest BCUT2D eigenvalue weighted by Crippen LogP contribution is 2.08. The summed E-state index contributed by atoms with van der Waals surface area (Å²) in [5.74, 6) is 0.725. The molecule has 0 amide bonds. The van der Waals surface area contributed by atoms with E-state index in [2.05, 4.69) is 45.2 Å². The maximum absolute atomic E-state index is 12.1. The summed E-state index contributed by atoms with van der Waals surface area (Å²) in [5.41, 5.74) is 3.03. The lowest BCUT2D eigenvalue weighted by Crippen LogP contribution is -3.13. The van der Waals surface area contributed by atoms with Crippen LogP contribution in [0.2, 0.25) is 0 Å². The van der Waals surface area contributed by atoms with Gasteiger partial charge in [-0.1, -0.05) is 37.3 Å². The topological polar surface area (TPSA) is 53.4 Å². The Morgan fingerprint density at radius 2 is 1.91 bits per heavy atom. The molecule has 3 rings (SSSR count). The van der Waals surface area contributed by atoms with Gasteiger partial charge in [0.2, 0.25) is 5.95 Å². The fourth-order valence-electron chi connectivity index (χ4n) is 3.26. The van der Waals surface area contributed by atoms with E-state index in [0.29, 0.717) is 0 Å². The van der Waals surface area contributed by atoms with E-state index < -0.39 is 0 Å². The standard InChI is InChI=1S/C18H24N4O/c1-3-16-14(2)19-18(20-17(16)23)22-11-9-21(10-12-22)13-15-7-5-4-6-8-15/h4-8H,3,9-13H2,1-2H3,(H,19,20,23)/p+1. The quantitative estimate of drug-likeness (QED) is 0.866. The largest absolute Gasteiger partial charge is 0.331 e. The molecule has 5 nitrogen and oxygen atoms in total. The van der Waals surface area contributed by atoms with E-state index in [0.717, 1.165) is 56.4 Å². The molecular formula is C18H25N4O+. The number of quaternary nitrogens is 1. The van der Waals surface area contributed by atoms with Crippen molar-refractivity contribution in [2.75, 3.05) is 31.1 Å². The van der Waals surface area contributed by atoms with Crippen LogP contribution in [0.1, 0.15) is 23.7 Å². The van der Waals surface area contributed by atoms with Crippen molar-refractivity contribution < 1.29 is 4.90 Å². The van der Waals surface area contributed by atoms with Gasteiger partial charge in [0, 0.05) is 16.8 Å². The van der Waals surface area contributed by atoms with E-state index in [4.69, 9.17) is 0 Å². The zero-order valence-electron chi connectivity index (χ0n) is 13.9. The van der Waals surface area contributed by atoms with Crippen LogP contribution in [-0.2, 0) is 13.0 Å². The van der Waals surface area contributed by atoms with E-state index in [9.17, 15) is 4.79 Å². The van der Waals surface area contributed by atoms with Crippen molar-refractivity contribution in [1.82, 2.24) is 9.97 Å². The van der Waals surface area contributed by atoms with Gasteiger partial charge in [-0.3, -0.25) is 9.78 Å². The van der Waals surface area contributed by atoms with Crippen LogP contribution < -0.4 is 15.4 Å². The molecule has 1 aromatic heterocycles. The Hall–Kier alpha value is -2.14. The van der Waals surface area contributed by atoms with E-state index in [1.54, 1.807) is 4.90 Å². The summed E-state index contributed by atoms with van der Waals surface area (Å²) in [6, 6.07) is 10.6. The fourth-order valence-corrected chi connectivity index (χ4v) is 3.26. The van der Waals surface area contributed by atoms with Gasteiger partial charge in [0.05, 0.1) is 26.2 Å². The number of nitrogens with one attached hydrogen (secondary N) is 2. The molecule has 0 spiro atoms. The molecule has 1 aliphatic heterocycles. The summed E-state index contributed by atoms with van der Waals surface area (Å²) in [4.78, 5) is 23.4. The summed E-state index contributed by atoms with van der Waals surface area (Å²) in [6.45, 7) is 8.96. The highest BCUT2D eigenvalue weighted by atomic mass is 16.1. The first kappa shape index (κ1) is 15.7. The Balaban J connectivity index is 1.64. The van der Waals surface area contributed by atoms with Crippen molar-refractivity contribution >= 4 is 5.95 Å². The predicted molar refractivity (Wildman–Crippen MR) is 92.0 cm³/mol. The zero-order valence-corrected chi connectivity index (χ0v) is 13.9. The van der Waals surface area contributed by atoms with Gasteiger partial charge in [0.15, 0.2) is 0 Å². The van der Waals surface area contributed by atoms with Crippen molar-refractivity contribution in [2.24, 2.45) is 0 Å². The van der Waals surface area contributed by atoms with Crippen molar-refractivity contribution in [3.8, 4) is 0 Å². The molecule has 2 N–H and O–H groups in total. The molecule has 1 aliphatic rings. The third-order valence-corrected chi connectivity index (χ3v) is 4.63. The van der Waals surface area contributed by atoms with Crippen LogP contribution in [0.4, 0.5) is 5.95 Å². The second-order valence-corrected chi connectivity index (χ2v) is 6.21. The maximum atomic E-state index is 12.1. The first-order valence-electron chi connectivity index (χ1n) is 8.39. The molecule has 2 heterocycles. The Bertz CT molecular complexity index is 703. The van der Waals surface area contributed by atoms with Crippen LogP contribution in [0.3, 0.4) is 0 Å². The van der Waals surface area contributed by atoms with Crippen molar-refractivity contribution in [3.63, 3.8) is 0 Å². The summed E-state index contributed by atoms with van der Waals surface area (Å²) in [5, 5.41) is 0. The van der Waals surface area contributed by atoms with Gasteiger partial charge >= 0.3 is 0 Å². The number of anilines is 1. The van der Waals surface area contributed by atoms with E-state index in [1.807, 2.05) is 13.8 Å². The maximum Gasteiger partial charge on any atom is 0.255 e. The molecule has 0 bridgehead atoms. The number of aromatic nitrogens is 2. The number of piperazine rings is 1. The Labute approximate surface area is 137 Å². The van der Waals surface area contributed by atoms with E-state index >= 15 is 0 Å². The highest BCUT2D eigenvalue weighted by Gasteiger charge is 2.22. The van der Waals surface area contributed by atoms with Gasteiger partial charge in [-0.25, -0.2) is 4.98 Å². The molecule has 0 unspecified atom stereocenters. The number of rotatable bonds is 4. The normalized spacial score (nSPS) is 15.8. The molecule has 23 heavy (non-hydrogen) atoms. The minimum Gasteiger partial charge on any atom is -0.331 e. The lowest BCUT2D eigenvalue weighted by atomic mass is 10.2. The van der Waals surface area contributed by atoms with Gasteiger partial charge in [-0.05, 0) is 13.3 Å². The average Bonchev–Trinajstić information content (AvgIpc) is 2.56. The van der Waals surface area contributed by atoms with Crippen LogP contribution in [0.25, 0.3) is 0 Å². The summed E-state index contributed by atoms with van der Waals surface area (Å²) in [6.07, 6.45) is 0.726. The van der Waals surface area contributed by atoms with Crippen LogP contribution in [0.5, 0.6) is 0 Å². The minimum absolute atomic E-state index is 0.00839. The molecular weight excluding hydrogens is 288 g/mol. The molecule has 1 fully saturated rings. The number of aryl methyl sites for hydroxylation is 1.